The fourth-order valence-corrected chi connectivity index (χ4v) is 2.81. The largest absolute Gasteiger partial charge is 0.273 e. The molecule has 0 aliphatic rings. The van der Waals surface area contributed by atoms with E-state index >= 15 is 0 Å². The van der Waals surface area contributed by atoms with Crippen molar-refractivity contribution < 1.29 is 13.3 Å². The van der Waals surface area contributed by atoms with Gasteiger partial charge in [0, 0.05) is 17.7 Å². The second-order valence-electron chi connectivity index (χ2n) is 4.86. The third-order valence-corrected chi connectivity index (χ3v) is 4.59. The highest BCUT2D eigenvalue weighted by Crippen LogP contribution is 2.22. The minimum Gasteiger partial charge on any atom is -0.258 e. The first-order valence-corrected chi connectivity index (χ1v) is 7.41. The summed E-state index contributed by atoms with van der Waals surface area (Å²) in [5.41, 5.74) is 0.237. The topological polar surface area (TPSA) is 89.3 Å². The third-order valence-electron chi connectivity index (χ3n) is 3.03. The molecule has 1 rings (SSSR count). The highest BCUT2D eigenvalue weighted by atomic mass is 32.2. The van der Waals surface area contributed by atoms with Crippen molar-refractivity contribution >= 4 is 15.7 Å². The van der Waals surface area contributed by atoms with E-state index in [0.717, 1.165) is 6.07 Å². The predicted molar refractivity (Wildman–Crippen MR) is 72.5 cm³/mol. The molecule has 106 valence electrons. The van der Waals surface area contributed by atoms with Crippen LogP contribution in [0.2, 0.25) is 0 Å². The zero-order valence-electron chi connectivity index (χ0n) is 11.4. The van der Waals surface area contributed by atoms with Gasteiger partial charge in [0.1, 0.15) is 0 Å². The van der Waals surface area contributed by atoms with Gasteiger partial charge in [-0.25, -0.2) is 13.1 Å². The molecule has 1 aromatic carbocycles. The van der Waals surface area contributed by atoms with Crippen molar-refractivity contribution in [2.45, 2.75) is 38.6 Å². The van der Waals surface area contributed by atoms with Crippen LogP contribution in [0.1, 0.15) is 26.3 Å². The SMILES string of the molecule is Cc1ccc(S(=O)(=O)N[C@H](C)C(C)C)cc1[N+](=O)[O-]. The first-order valence-electron chi connectivity index (χ1n) is 5.92. The van der Waals surface area contributed by atoms with Gasteiger partial charge in [0.05, 0.1) is 9.82 Å². The Kier molecular flexibility index (Phi) is 4.65. The van der Waals surface area contributed by atoms with Crippen LogP contribution in [-0.4, -0.2) is 19.4 Å². The average Bonchev–Trinajstić information content (AvgIpc) is 2.27. The standard InChI is InChI=1S/C12H18N2O4S/c1-8(2)10(4)13-19(17,18)11-6-5-9(3)12(7-11)14(15)16/h5-8,10,13H,1-4H3/t10-/m1/s1. The Balaban J connectivity index is 3.16. The molecule has 0 fully saturated rings. The van der Waals surface area contributed by atoms with Crippen molar-refractivity contribution in [3.05, 3.63) is 33.9 Å². The fourth-order valence-electron chi connectivity index (χ4n) is 1.40. The smallest absolute Gasteiger partial charge is 0.258 e. The molecule has 0 radical (unpaired) electrons. The molecule has 6 nitrogen and oxygen atoms in total. The second kappa shape index (κ2) is 5.66. The van der Waals surface area contributed by atoms with Gasteiger partial charge in [-0.05, 0) is 25.8 Å². The van der Waals surface area contributed by atoms with Crippen molar-refractivity contribution in [3.63, 3.8) is 0 Å². The molecule has 0 heterocycles. The quantitative estimate of drug-likeness (QED) is 0.664. The maximum atomic E-state index is 12.1. The first kappa shape index (κ1) is 15.6. The van der Waals surface area contributed by atoms with Crippen LogP contribution in [-0.2, 0) is 10.0 Å². The number of nitrogens with zero attached hydrogens (tertiary/aromatic N) is 1. The maximum absolute atomic E-state index is 12.1. The van der Waals surface area contributed by atoms with Crippen molar-refractivity contribution in [3.8, 4) is 0 Å². The van der Waals surface area contributed by atoms with E-state index in [1.54, 1.807) is 13.8 Å². The number of aryl methyl sites for hydroxylation is 1. The number of hydrogen-bond donors (Lipinski definition) is 1. The van der Waals surface area contributed by atoms with Gasteiger partial charge in [-0.1, -0.05) is 19.9 Å². The minimum atomic E-state index is -3.73. The molecule has 1 atom stereocenters. The summed E-state index contributed by atoms with van der Waals surface area (Å²) in [6.07, 6.45) is 0. The molecule has 7 heteroatoms. The monoisotopic (exact) mass is 286 g/mol. The van der Waals surface area contributed by atoms with Crippen LogP contribution >= 0.6 is 0 Å². The van der Waals surface area contributed by atoms with E-state index in [1.165, 1.54) is 12.1 Å². The lowest BCUT2D eigenvalue weighted by Crippen LogP contribution is -2.36. The third kappa shape index (κ3) is 3.74. The summed E-state index contributed by atoms with van der Waals surface area (Å²) in [5.74, 6) is 0.134. The molecular weight excluding hydrogens is 268 g/mol. The Hall–Kier alpha value is -1.47. The number of sulfonamides is 1. The van der Waals surface area contributed by atoms with Gasteiger partial charge in [-0.2, -0.15) is 0 Å². The number of benzene rings is 1. The van der Waals surface area contributed by atoms with Gasteiger partial charge in [0.2, 0.25) is 10.0 Å². The second-order valence-corrected chi connectivity index (χ2v) is 6.57. The Morgan fingerprint density at radius 3 is 2.32 bits per heavy atom. The lowest BCUT2D eigenvalue weighted by atomic mass is 10.1. The Morgan fingerprint density at radius 2 is 1.84 bits per heavy atom. The fraction of sp³-hybridized carbons (Fsp3) is 0.500. The van der Waals surface area contributed by atoms with E-state index in [0.29, 0.717) is 5.56 Å². The van der Waals surface area contributed by atoms with Crippen LogP contribution in [0, 0.1) is 23.0 Å². The average molecular weight is 286 g/mol. The molecule has 0 unspecified atom stereocenters. The van der Waals surface area contributed by atoms with Crippen LogP contribution in [0.5, 0.6) is 0 Å². The lowest BCUT2D eigenvalue weighted by Gasteiger charge is -2.17. The number of nitro benzene ring substituents is 1. The van der Waals surface area contributed by atoms with E-state index in [1.807, 2.05) is 13.8 Å². The zero-order valence-corrected chi connectivity index (χ0v) is 12.2. The molecule has 0 aliphatic carbocycles. The number of rotatable bonds is 5. The summed E-state index contributed by atoms with van der Waals surface area (Å²) in [4.78, 5) is 10.2. The molecule has 0 saturated heterocycles. The number of nitro groups is 1. The van der Waals surface area contributed by atoms with E-state index in [2.05, 4.69) is 4.72 Å². The molecule has 0 amide bonds. The van der Waals surface area contributed by atoms with Gasteiger partial charge in [-0.15, -0.1) is 0 Å². The van der Waals surface area contributed by atoms with Gasteiger partial charge >= 0.3 is 0 Å². The van der Waals surface area contributed by atoms with E-state index < -0.39 is 14.9 Å². The summed E-state index contributed by atoms with van der Waals surface area (Å²) in [5, 5.41) is 10.8. The van der Waals surface area contributed by atoms with Gasteiger partial charge < -0.3 is 0 Å². The molecule has 1 N–H and O–H groups in total. The van der Waals surface area contributed by atoms with Crippen LogP contribution in [0.4, 0.5) is 5.69 Å². The zero-order chi connectivity index (χ0) is 14.8. The summed E-state index contributed by atoms with van der Waals surface area (Å²) in [6, 6.07) is 3.65. The van der Waals surface area contributed by atoms with Crippen LogP contribution in [0.3, 0.4) is 0 Å². The molecule has 0 aromatic heterocycles. The Bertz CT molecular complexity index is 581. The Morgan fingerprint density at radius 1 is 1.26 bits per heavy atom. The van der Waals surface area contributed by atoms with Gasteiger partial charge in [-0.3, -0.25) is 10.1 Å². The normalized spacial score (nSPS) is 13.5. The van der Waals surface area contributed by atoms with Crippen molar-refractivity contribution in [2.24, 2.45) is 5.92 Å². The predicted octanol–water partition coefficient (Wildman–Crippen LogP) is 2.23. The first-order chi connectivity index (χ1) is 8.65. The van der Waals surface area contributed by atoms with Crippen molar-refractivity contribution in [1.82, 2.24) is 4.72 Å². The molecular formula is C12H18N2O4S. The van der Waals surface area contributed by atoms with E-state index in [-0.39, 0.29) is 22.5 Å². The van der Waals surface area contributed by atoms with Crippen LogP contribution in [0.25, 0.3) is 0 Å². The summed E-state index contributed by atoms with van der Waals surface area (Å²) >= 11 is 0. The molecule has 0 bridgehead atoms. The van der Waals surface area contributed by atoms with E-state index in [9.17, 15) is 18.5 Å². The Labute approximate surface area is 113 Å². The van der Waals surface area contributed by atoms with Gasteiger partial charge in [0.25, 0.3) is 5.69 Å². The number of hydrogen-bond acceptors (Lipinski definition) is 4. The minimum absolute atomic E-state index is 0.0858. The maximum Gasteiger partial charge on any atom is 0.273 e. The molecule has 0 saturated carbocycles. The number of nitrogens with one attached hydrogen (secondary N) is 1. The van der Waals surface area contributed by atoms with Crippen molar-refractivity contribution in [1.29, 1.82) is 0 Å². The highest BCUT2D eigenvalue weighted by Gasteiger charge is 2.22. The molecule has 0 aliphatic heterocycles. The molecule has 19 heavy (non-hydrogen) atoms. The highest BCUT2D eigenvalue weighted by molar-refractivity contribution is 7.89. The summed E-state index contributed by atoms with van der Waals surface area (Å²) in [7, 11) is -3.73. The van der Waals surface area contributed by atoms with Crippen LogP contribution < -0.4 is 4.72 Å². The van der Waals surface area contributed by atoms with Gasteiger partial charge in [0.15, 0.2) is 0 Å². The summed E-state index contributed by atoms with van der Waals surface area (Å²) in [6.45, 7) is 7.11. The summed E-state index contributed by atoms with van der Waals surface area (Å²) < 4.78 is 26.7. The van der Waals surface area contributed by atoms with Crippen molar-refractivity contribution in [2.75, 3.05) is 0 Å². The lowest BCUT2D eigenvalue weighted by molar-refractivity contribution is -0.385. The molecule has 1 aromatic rings. The van der Waals surface area contributed by atoms with Crippen LogP contribution in [0.15, 0.2) is 23.1 Å². The van der Waals surface area contributed by atoms with E-state index in [4.69, 9.17) is 0 Å². The molecule has 0 spiro atoms.